The number of para-hydroxylation sites is 2. The van der Waals surface area contributed by atoms with E-state index in [1.807, 2.05) is 0 Å². The van der Waals surface area contributed by atoms with Crippen molar-refractivity contribution in [3.8, 4) is 5.75 Å². The number of anilines is 1. The molecule has 0 saturated heterocycles. The molecule has 1 heterocycles. The summed E-state index contributed by atoms with van der Waals surface area (Å²) in [7, 11) is 1.41. The minimum atomic E-state index is -4.76. The van der Waals surface area contributed by atoms with Gasteiger partial charge in [-0.15, -0.1) is 0 Å². The third kappa shape index (κ3) is 5.47. The van der Waals surface area contributed by atoms with Crippen LogP contribution in [0.1, 0.15) is 49.6 Å². The lowest BCUT2D eigenvalue weighted by atomic mass is 9.89. The number of hydroxylamine groups is 1. The highest BCUT2D eigenvalue weighted by molar-refractivity contribution is 5.92. The average molecular weight is 528 g/mol. The van der Waals surface area contributed by atoms with Crippen LogP contribution in [0.15, 0.2) is 90.2 Å². The van der Waals surface area contributed by atoms with E-state index in [4.69, 9.17) is 14.3 Å². The molecule has 1 aliphatic heterocycles. The van der Waals surface area contributed by atoms with Gasteiger partial charge in [-0.25, -0.2) is 9.86 Å². The Balaban J connectivity index is 2.05. The number of benzene rings is 3. The standard InChI is InChI=1S/C29H28F3NO5/c1-28(2,3)37-27(35)23-24(19-14-8-9-15-20(19)29(30,31)32)33(21-16-10-11-17-22(21)36-4)38-26(25(23)34)18-12-6-5-7-13-18/h5-17,24,26,34H,1-4H3/t24-,26+/m0/s1. The molecule has 0 fully saturated rings. The molecular weight excluding hydrogens is 499 g/mol. The third-order valence-electron chi connectivity index (χ3n) is 5.86. The van der Waals surface area contributed by atoms with Gasteiger partial charge in [0.05, 0.1) is 12.7 Å². The Hall–Kier alpha value is -3.98. The maximum atomic E-state index is 14.2. The van der Waals surface area contributed by atoms with E-state index in [2.05, 4.69) is 0 Å². The number of nitrogens with zero attached hydrogens (tertiary/aromatic N) is 1. The van der Waals surface area contributed by atoms with Crippen LogP contribution < -0.4 is 9.80 Å². The van der Waals surface area contributed by atoms with E-state index >= 15 is 0 Å². The molecule has 1 N–H and O–H groups in total. The lowest BCUT2D eigenvalue weighted by molar-refractivity contribution is -0.152. The number of methoxy groups -OCH3 is 1. The third-order valence-corrected chi connectivity index (χ3v) is 5.86. The number of halogens is 3. The van der Waals surface area contributed by atoms with E-state index in [1.165, 1.54) is 30.4 Å². The van der Waals surface area contributed by atoms with Crippen molar-refractivity contribution < 1.29 is 37.4 Å². The van der Waals surface area contributed by atoms with Gasteiger partial charge in [-0.3, -0.25) is 4.84 Å². The molecule has 0 bridgehead atoms. The highest BCUT2D eigenvalue weighted by Crippen LogP contribution is 2.49. The quantitative estimate of drug-likeness (QED) is 0.357. The lowest BCUT2D eigenvalue weighted by Gasteiger charge is -2.42. The molecule has 9 heteroatoms. The summed E-state index contributed by atoms with van der Waals surface area (Å²) in [5, 5.41) is 12.7. The molecule has 2 atom stereocenters. The summed E-state index contributed by atoms with van der Waals surface area (Å²) in [6.45, 7) is 4.90. The molecule has 0 saturated carbocycles. The van der Waals surface area contributed by atoms with Crippen LogP contribution in [0.5, 0.6) is 5.75 Å². The first-order valence-electron chi connectivity index (χ1n) is 11.9. The topological polar surface area (TPSA) is 68.2 Å². The molecule has 0 radical (unpaired) electrons. The van der Waals surface area contributed by atoms with Crippen LogP contribution in [-0.2, 0) is 20.5 Å². The van der Waals surface area contributed by atoms with Crippen molar-refractivity contribution in [1.82, 2.24) is 0 Å². The molecule has 4 rings (SSSR count). The number of alkyl halides is 3. The average Bonchev–Trinajstić information content (AvgIpc) is 2.87. The van der Waals surface area contributed by atoms with Gasteiger partial charge < -0.3 is 14.6 Å². The second-order valence-electron chi connectivity index (χ2n) is 9.68. The summed E-state index contributed by atoms with van der Waals surface area (Å²) >= 11 is 0. The van der Waals surface area contributed by atoms with Crippen LogP contribution in [0.2, 0.25) is 0 Å². The van der Waals surface area contributed by atoms with Gasteiger partial charge in [0, 0.05) is 0 Å². The van der Waals surface area contributed by atoms with Gasteiger partial charge >= 0.3 is 12.1 Å². The molecule has 1 aliphatic rings. The van der Waals surface area contributed by atoms with Crippen molar-refractivity contribution in [3.63, 3.8) is 0 Å². The molecule has 38 heavy (non-hydrogen) atoms. The monoisotopic (exact) mass is 527 g/mol. The van der Waals surface area contributed by atoms with Gasteiger partial charge in [0.25, 0.3) is 0 Å². The Kier molecular flexibility index (Phi) is 7.42. The van der Waals surface area contributed by atoms with Crippen LogP contribution >= 0.6 is 0 Å². The SMILES string of the molecule is COc1ccccc1N1O[C@H](c2ccccc2)C(O)=C(C(=O)OC(C)(C)C)[C@@H]1c1ccccc1C(F)(F)F. The van der Waals surface area contributed by atoms with Gasteiger partial charge in [-0.05, 0) is 50.1 Å². The number of hydrogen-bond acceptors (Lipinski definition) is 6. The largest absolute Gasteiger partial charge is 0.508 e. The maximum absolute atomic E-state index is 14.2. The van der Waals surface area contributed by atoms with Gasteiger partial charge in [0.1, 0.15) is 34.4 Å². The summed E-state index contributed by atoms with van der Waals surface area (Å²) in [6, 6.07) is 18.5. The maximum Gasteiger partial charge on any atom is 0.416 e. The van der Waals surface area contributed by atoms with Crippen LogP contribution in [0.4, 0.5) is 18.9 Å². The van der Waals surface area contributed by atoms with Crippen LogP contribution in [-0.4, -0.2) is 23.8 Å². The minimum absolute atomic E-state index is 0.256. The van der Waals surface area contributed by atoms with Crippen LogP contribution in [0, 0.1) is 0 Å². The first kappa shape index (κ1) is 27.1. The molecule has 6 nitrogen and oxygen atoms in total. The van der Waals surface area contributed by atoms with E-state index in [1.54, 1.807) is 75.4 Å². The smallest absolute Gasteiger partial charge is 0.416 e. The summed E-state index contributed by atoms with van der Waals surface area (Å²) in [5.41, 5.74) is -1.91. The highest BCUT2D eigenvalue weighted by Gasteiger charge is 2.47. The predicted molar refractivity (Wildman–Crippen MR) is 135 cm³/mol. The Morgan fingerprint density at radius 1 is 0.921 bits per heavy atom. The van der Waals surface area contributed by atoms with E-state index in [0.717, 1.165) is 6.07 Å². The summed E-state index contributed by atoms with van der Waals surface area (Å²) in [5.74, 6) is -1.22. The second kappa shape index (κ2) is 10.4. The van der Waals surface area contributed by atoms with E-state index in [9.17, 15) is 23.1 Å². The van der Waals surface area contributed by atoms with Crippen molar-refractivity contribution in [3.05, 3.63) is 107 Å². The van der Waals surface area contributed by atoms with Crippen molar-refractivity contribution in [1.29, 1.82) is 0 Å². The molecule has 0 spiro atoms. The van der Waals surface area contributed by atoms with Gasteiger partial charge in [-0.2, -0.15) is 13.2 Å². The second-order valence-corrected chi connectivity index (χ2v) is 9.68. The zero-order valence-electron chi connectivity index (χ0n) is 21.3. The van der Waals surface area contributed by atoms with Crippen molar-refractivity contribution in [2.24, 2.45) is 0 Å². The van der Waals surface area contributed by atoms with Gasteiger partial charge in [-0.1, -0.05) is 60.7 Å². The Morgan fingerprint density at radius 2 is 1.53 bits per heavy atom. The van der Waals surface area contributed by atoms with E-state index < -0.39 is 41.2 Å². The number of carbonyl (C=O) groups is 1. The van der Waals surface area contributed by atoms with E-state index in [0.29, 0.717) is 11.3 Å². The van der Waals surface area contributed by atoms with Crippen molar-refractivity contribution in [2.75, 3.05) is 12.2 Å². The molecular formula is C29H28F3NO5. The number of rotatable bonds is 5. The number of ether oxygens (including phenoxy) is 2. The first-order valence-corrected chi connectivity index (χ1v) is 11.9. The first-order chi connectivity index (χ1) is 17.9. The molecule has 0 amide bonds. The predicted octanol–water partition coefficient (Wildman–Crippen LogP) is 7.10. The zero-order valence-corrected chi connectivity index (χ0v) is 21.3. The number of aliphatic hydroxyl groups is 1. The highest BCUT2D eigenvalue weighted by atomic mass is 19.4. The molecule has 0 aromatic heterocycles. The Morgan fingerprint density at radius 3 is 2.16 bits per heavy atom. The fourth-order valence-electron chi connectivity index (χ4n) is 4.30. The zero-order chi connectivity index (χ0) is 27.7. The number of aliphatic hydroxyl groups excluding tert-OH is 1. The van der Waals surface area contributed by atoms with E-state index in [-0.39, 0.29) is 16.8 Å². The lowest BCUT2D eigenvalue weighted by Crippen LogP contribution is -2.42. The van der Waals surface area contributed by atoms with Crippen LogP contribution in [0.25, 0.3) is 0 Å². The van der Waals surface area contributed by atoms with Crippen molar-refractivity contribution in [2.45, 2.75) is 44.7 Å². The summed E-state index contributed by atoms with van der Waals surface area (Å²) in [4.78, 5) is 19.9. The number of esters is 1. The van der Waals surface area contributed by atoms with Crippen molar-refractivity contribution >= 4 is 11.7 Å². The molecule has 0 unspecified atom stereocenters. The Labute approximate surface area is 218 Å². The summed E-state index contributed by atoms with van der Waals surface area (Å²) < 4.78 is 53.8. The van der Waals surface area contributed by atoms with Gasteiger partial charge in [0.2, 0.25) is 0 Å². The fourth-order valence-corrected chi connectivity index (χ4v) is 4.30. The molecule has 3 aromatic rings. The molecule has 0 aliphatic carbocycles. The number of carbonyl (C=O) groups excluding carboxylic acids is 1. The molecule has 3 aromatic carbocycles. The Bertz CT molecular complexity index is 1330. The fraction of sp³-hybridized carbons (Fsp3) is 0.276. The minimum Gasteiger partial charge on any atom is -0.508 e. The number of hydrogen-bond donors (Lipinski definition) is 1. The van der Waals surface area contributed by atoms with Crippen LogP contribution in [0.3, 0.4) is 0 Å². The summed E-state index contributed by atoms with van der Waals surface area (Å²) in [6.07, 6.45) is -5.97. The molecule has 200 valence electrons. The van der Waals surface area contributed by atoms with Gasteiger partial charge in [0.15, 0.2) is 6.10 Å². The normalized spacial score (nSPS) is 18.3.